The maximum atomic E-state index is 11.7. The third kappa shape index (κ3) is 5.78. The van der Waals surface area contributed by atoms with E-state index in [1.807, 2.05) is 25.1 Å². The Kier molecular flexibility index (Phi) is 6.12. The van der Waals surface area contributed by atoms with E-state index in [1.165, 1.54) is 5.56 Å². The SMILES string of the molecule is CC(C)CNC(=O)C(C)SCc1ccccc1. The Balaban J connectivity index is 2.29. The highest BCUT2D eigenvalue weighted by atomic mass is 32.2. The first-order chi connectivity index (χ1) is 8.09. The largest absolute Gasteiger partial charge is 0.355 e. The molecule has 0 radical (unpaired) electrons. The van der Waals surface area contributed by atoms with Gasteiger partial charge in [-0.05, 0) is 18.4 Å². The predicted octanol–water partition coefficient (Wildman–Crippen LogP) is 3.08. The first-order valence-electron chi connectivity index (χ1n) is 6.03. The van der Waals surface area contributed by atoms with Crippen molar-refractivity contribution in [2.45, 2.75) is 31.8 Å². The minimum absolute atomic E-state index is 0.00829. The molecule has 0 saturated carbocycles. The summed E-state index contributed by atoms with van der Waals surface area (Å²) in [6, 6.07) is 10.2. The molecule has 0 bridgehead atoms. The molecule has 0 aliphatic heterocycles. The Morgan fingerprint density at radius 2 is 1.88 bits per heavy atom. The minimum atomic E-state index is 0.00829. The fourth-order valence-corrected chi connectivity index (χ4v) is 2.19. The Morgan fingerprint density at radius 1 is 1.24 bits per heavy atom. The molecule has 1 amide bonds. The summed E-state index contributed by atoms with van der Waals surface area (Å²) in [5.41, 5.74) is 1.26. The number of hydrogen-bond donors (Lipinski definition) is 1. The van der Waals surface area contributed by atoms with Gasteiger partial charge < -0.3 is 5.32 Å². The van der Waals surface area contributed by atoms with Gasteiger partial charge in [0.2, 0.25) is 5.91 Å². The highest BCUT2D eigenvalue weighted by Gasteiger charge is 2.12. The molecule has 3 heteroatoms. The lowest BCUT2D eigenvalue weighted by atomic mass is 10.2. The molecule has 1 N–H and O–H groups in total. The van der Waals surface area contributed by atoms with Gasteiger partial charge in [0.25, 0.3) is 0 Å². The van der Waals surface area contributed by atoms with Gasteiger partial charge in [0.05, 0.1) is 5.25 Å². The van der Waals surface area contributed by atoms with Crippen molar-refractivity contribution < 1.29 is 4.79 Å². The molecule has 0 heterocycles. The van der Waals surface area contributed by atoms with E-state index < -0.39 is 0 Å². The number of amides is 1. The monoisotopic (exact) mass is 251 g/mol. The number of benzene rings is 1. The van der Waals surface area contributed by atoms with Gasteiger partial charge in [-0.3, -0.25) is 4.79 Å². The second kappa shape index (κ2) is 7.38. The Morgan fingerprint density at radius 3 is 2.47 bits per heavy atom. The summed E-state index contributed by atoms with van der Waals surface area (Å²) in [7, 11) is 0. The van der Waals surface area contributed by atoms with Gasteiger partial charge in [0.15, 0.2) is 0 Å². The number of rotatable bonds is 6. The Bertz CT molecular complexity index is 337. The van der Waals surface area contributed by atoms with E-state index in [9.17, 15) is 4.79 Å². The minimum Gasteiger partial charge on any atom is -0.355 e. The van der Waals surface area contributed by atoms with E-state index >= 15 is 0 Å². The molecular formula is C14H21NOS. The van der Waals surface area contributed by atoms with Gasteiger partial charge in [-0.2, -0.15) is 0 Å². The molecule has 1 aromatic carbocycles. The average Bonchev–Trinajstić information content (AvgIpc) is 2.34. The van der Waals surface area contributed by atoms with Crippen molar-refractivity contribution in [3.63, 3.8) is 0 Å². The van der Waals surface area contributed by atoms with Crippen molar-refractivity contribution in [1.29, 1.82) is 0 Å². The molecule has 0 saturated heterocycles. The first kappa shape index (κ1) is 14.1. The van der Waals surface area contributed by atoms with Crippen molar-refractivity contribution in [3.8, 4) is 0 Å². The highest BCUT2D eigenvalue weighted by molar-refractivity contribution is 7.99. The molecular weight excluding hydrogens is 230 g/mol. The van der Waals surface area contributed by atoms with Crippen molar-refractivity contribution in [2.75, 3.05) is 6.54 Å². The molecule has 0 fully saturated rings. The fourth-order valence-electron chi connectivity index (χ4n) is 1.32. The number of carbonyl (C=O) groups excluding carboxylic acids is 1. The van der Waals surface area contributed by atoms with Crippen LogP contribution in [0.15, 0.2) is 30.3 Å². The highest BCUT2D eigenvalue weighted by Crippen LogP contribution is 2.17. The summed E-state index contributed by atoms with van der Waals surface area (Å²) in [6.07, 6.45) is 0. The van der Waals surface area contributed by atoms with E-state index in [0.29, 0.717) is 5.92 Å². The number of thioether (sulfide) groups is 1. The topological polar surface area (TPSA) is 29.1 Å². The molecule has 2 nitrogen and oxygen atoms in total. The lowest BCUT2D eigenvalue weighted by Crippen LogP contribution is -2.33. The Labute approximate surface area is 108 Å². The van der Waals surface area contributed by atoms with Crippen molar-refractivity contribution >= 4 is 17.7 Å². The summed E-state index contributed by atoms with van der Waals surface area (Å²) < 4.78 is 0. The van der Waals surface area contributed by atoms with Crippen LogP contribution in [0.1, 0.15) is 26.3 Å². The summed E-state index contributed by atoms with van der Waals surface area (Å²) in [6.45, 7) is 6.92. The van der Waals surface area contributed by atoms with Crippen molar-refractivity contribution in [2.24, 2.45) is 5.92 Å². The van der Waals surface area contributed by atoms with Crippen molar-refractivity contribution in [3.05, 3.63) is 35.9 Å². The molecule has 0 aliphatic carbocycles. The van der Waals surface area contributed by atoms with Crippen LogP contribution >= 0.6 is 11.8 Å². The zero-order valence-corrected chi connectivity index (χ0v) is 11.6. The second-order valence-electron chi connectivity index (χ2n) is 4.58. The molecule has 1 unspecified atom stereocenters. The van der Waals surface area contributed by atoms with E-state index in [4.69, 9.17) is 0 Å². The maximum Gasteiger partial charge on any atom is 0.232 e. The van der Waals surface area contributed by atoms with Crippen LogP contribution in [0.4, 0.5) is 0 Å². The van der Waals surface area contributed by atoms with Crippen LogP contribution in [0, 0.1) is 5.92 Å². The molecule has 1 atom stereocenters. The molecule has 1 rings (SSSR count). The average molecular weight is 251 g/mol. The van der Waals surface area contributed by atoms with Crippen LogP contribution in [0.5, 0.6) is 0 Å². The fraction of sp³-hybridized carbons (Fsp3) is 0.500. The van der Waals surface area contributed by atoms with Crippen LogP contribution in [0.3, 0.4) is 0 Å². The van der Waals surface area contributed by atoms with Gasteiger partial charge in [-0.25, -0.2) is 0 Å². The van der Waals surface area contributed by atoms with E-state index in [1.54, 1.807) is 11.8 Å². The molecule has 94 valence electrons. The lowest BCUT2D eigenvalue weighted by molar-refractivity contribution is -0.120. The number of hydrogen-bond acceptors (Lipinski definition) is 2. The lowest BCUT2D eigenvalue weighted by Gasteiger charge is -2.13. The summed E-state index contributed by atoms with van der Waals surface area (Å²) in [5, 5.41) is 2.97. The number of carbonyl (C=O) groups is 1. The normalized spacial score (nSPS) is 12.5. The summed E-state index contributed by atoms with van der Waals surface area (Å²) >= 11 is 1.68. The maximum absolute atomic E-state index is 11.7. The van der Waals surface area contributed by atoms with Crippen LogP contribution in [-0.4, -0.2) is 17.7 Å². The molecule has 17 heavy (non-hydrogen) atoms. The van der Waals surface area contributed by atoms with Crippen LogP contribution in [-0.2, 0) is 10.5 Å². The summed E-state index contributed by atoms with van der Waals surface area (Å²) in [4.78, 5) is 11.7. The van der Waals surface area contributed by atoms with Crippen LogP contribution in [0.25, 0.3) is 0 Å². The van der Waals surface area contributed by atoms with Gasteiger partial charge in [-0.15, -0.1) is 11.8 Å². The number of nitrogens with one attached hydrogen (secondary N) is 1. The molecule has 0 aromatic heterocycles. The van der Waals surface area contributed by atoms with Crippen molar-refractivity contribution in [1.82, 2.24) is 5.32 Å². The standard InChI is InChI=1S/C14H21NOS/c1-11(2)9-15-14(16)12(3)17-10-13-7-5-4-6-8-13/h4-8,11-12H,9-10H2,1-3H3,(H,15,16). The van der Waals surface area contributed by atoms with Gasteiger partial charge in [-0.1, -0.05) is 44.2 Å². The van der Waals surface area contributed by atoms with Gasteiger partial charge >= 0.3 is 0 Å². The molecule has 0 spiro atoms. The van der Waals surface area contributed by atoms with Crippen LogP contribution in [0.2, 0.25) is 0 Å². The summed E-state index contributed by atoms with van der Waals surface area (Å²) in [5.74, 6) is 1.53. The first-order valence-corrected chi connectivity index (χ1v) is 7.07. The predicted molar refractivity (Wildman–Crippen MR) is 75.0 cm³/mol. The molecule has 0 aliphatic rings. The van der Waals surface area contributed by atoms with E-state index in [0.717, 1.165) is 12.3 Å². The third-order valence-corrected chi connectivity index (χ3v) is 3.61. The Hall–Kier alpha value is -0.960. The van der Waals surface area contributed by atoms with Gasteiger partial charge in [0.1, 0.15) is 0 Å². The zero-order chi connectivity index (χ0) is 12.7. The smallest absolute Gasteiger partial charge is 0.232 e. The zero-order valence-electron chi connectivity index (χ0n) is 10.8. The third-order valence-electron chi connectivity index (χ3n) is 2.40. The molecule has 1 aromatic rings. The van der Waals surface area contributed by atoms with E-state index in [2.05, 4.69) is 31.3 Å². The van der Waals surface area contributed by atoms with Crippen LogP contribution < -0.4 is 5.32 Å². The second-order valence-corrected chi connectivity index (χ2v) is 5.91. The van der Waals surface area contributed by atoms with Gasteiger partial charge in [0, 0.05) is 12.3 Å². The van der Waals surface area contributed by atoms with E-state index in [-0.39, 0.29) is 11.2 Å². The quantitative estimate of drug-likeness (QED) is 0.842.